The van der Waals surface area contributed by atoms with Crippen molar-refractivity contribution < 1.29 is 9.84 Å². The number of pyridine rings is 1. The molecule has 2 atom stereocenters. The lowest BCUT2D eigenvalue weighted by molar-refractivity contribution is -0.0829. The van der Waals surface area contributed by atoms with E-state index in [1.165, 1.54) is 5.56 Å². The number of methoxy groups -OCH3 is 1. The van der Waals surface area contributed by atoms with Crippen LogP contribution in [0.25, 0.3) is 0 Å². The lowest BCUT2D eigenvalue weighted by atomic mass is 9.80. The molecule has 2 heterocycles. The van der Waals surface area contributed by atoms with Gasteiger partial charge < -0.3 is 9.84 Å². The molecule has 0 aliphatic carbocycles. The Kier molecular flexibility index (Phi) is 5.13. The second-order valence-electron chi connectivity index (χ2n) is 6.00. The standard InChI is InChI=1S/C16H26N2O2/c1-13-5-4-8-17-15(13)12-18-9-6-16(19,7-10-20-3)14(2)11-18/h4-5,8,14,19H,6-7,9-12H2,1-3H3/t14-,16-/m1/s1. The SMILES string of the molecule is COCC[C@]1(O)CCN(Cc2ncccc2C)C[C@H]1C. The minimum absolute atomic E-state index is 0.260. The molecule has 0 aromatic carbocycles. The van der Waals surface area contributed by atoms with E-state index in [-0.39, 0.29) is 5.92 Å². The van der Waals surface area contributed by atoms with Gasteiger partial charge in [0.1, 0.15) is 0 Å². The van der Waals surface area contributed by atoms with Crippen LogP contribution in [0.4, 0.5) is 0 Å². The molecule has 4 heteroatoms. The van der Waals surface area contributed by atoms with Gasteiger partial charge in [-0.15, -0.1) is 0 Å². The van der Waals surface area contributed by atoms with Crippen LogP contribution in [-0.4, -0.2) is 47.4 Å². The first-order valence-corrected chi connectivity index (χ1v) is 7.39. The predicted octanol–water partition coefficient (Wildman–Crippen LogP) is 2.00. The van der Waals surface area contributed by atoms with Gasteiger partial charge in [-0.2, -0.15) is 0 Å². The topological polar surface area (TPSA) is 45.6 Å². The first-order chi connectivity index (χ1) is 9.55. The van der Waals surface area contributed by atoms with Gasteiger partial charge in [-0.1, -0.05) is 13.0 Å². The van der Waals surface area contributed by atoms with E-state index in [0.29, 0.717) is 6.61 Å². The Morgan fingerprint density at radius 3 is 3.00 bits per heavy atom. The summed E-state index contributed by atoms with van der Waals surface area (Å²) >= 11 is 0. The van der Waals surface area contributed by atoms with Gasteiger partial charge in [0, 0.05) is 39.5 Å². The monoisotopic (exact) mass is 278 g/mol. The third-order valence-electron chi connectivity index (χ3n) is 4.54. The van der Waals surface area contributed by atoms with Crippen molar-refractivity contribution in [1.29, 1.82) is 0 Å². The quantitative estimate of drug-likeness (QED) is 0.895. The Morgan fingerprint density at radius 1 is 1.55 bits per heavy atom. The summed E-state index contributed by atoms with van der Waals surface area (Å²) in [5.41, 5.74) is 1.80. The van der Waals surface area contributed by atoms with Gasteiger partial charge in [-0.05, 0) is 37.3 Å². The molecular weight excluding hydrogens is 252 g/mol. The van der Waals surface area contributed by atoms with Crippen molar-refractivity contribution in [3.8, 4) is 0 Å². The summed E-state index contributed by atoms with van der Waals surface area (Å²) in [6, 6.07) is 4.08. The number of rotatable bonds is 5. The van der Waals surface area contributed by atoms with E-state index >= 15 is 0 Å². The van der Waals surface area contributed by atoms with Gasteiger partial charge >= 0.3 is 0 Å². The van der Waals surface area contributed by atoms with E-state index in [9.17, 15) is 5.11 Å². The van der Waals surface area contributed by atoms with E-state index in [4.69, 9.17) is 4.74 Å². The maximum atomic E-state index is 10.7. The number of hydrogen-bond acceptors (Lipinski definition) is 4. The van der Waals surface area contributed by atoms with Crippen LogP contribution in [0.2, 0.25) is 0 Å². The highest BCUT2D eigenvalue weighted by Crippen LogP contribution is 2.31. The average Bonchev–Trinajstić information content (AvgIpc) is 2.44. The van der Waals surface area contributed by atoms with Crippen LogP contribution < -0.4 is 0 Å². The van der Waals surface area contributed by atoms with E-state index < -0.39 is 5.60 Å². The second kappa shape index (κ2) is 6.66. The molecule has 1 aromatic rings. The second-order valence-corrected chi connectivity index (χ2v) is 6.00. The number of hydrogen-bond donors (Lipinski definition) is 1. The van der Waals surface area contributed by atoms with Gasteiger partial charge in [0.15, 0.2) is 0 Å². The molecule has 1 aromatic heterocycles. The first-order valence-electron chi connectivity index (χ1n) is 7.39. The highest BCUT2D eigenvalue weighted by atomic mass is 16.5. The normalized spacial score (nSPS) is 27.7. The van der Waals surface area contributed by atoms with Crippen molar-refractivity contribution in [3.63, 3.8) is 0 Å². The Labute approximate surface area is 121 Å². The number of piperidine rings is 1. The van der Waals surface area contributed by atoms with Crippen LogP contribution in [-0.2, 0) is 11.3 Å². The highest BCUT2D eigenvalue weighted by Gasteiger charge is 2.38. The lowest BCUT2D eigenvalue weighted by Crippen LogP contribution is -2.51. The molecular formula is C16H26N2O2. The van der Waals surface area contributed by atoms with E-state index in [0.717, 1.165) is 38.2 Å². The third kappa shape index (κ3) is 3.57. The maximum absolute atomic E-state index is 10.7. The number of aromatic nitrogens is 1. The average molecular weight is 278 g/mol. The number of aryl methyl sites for hydroxylation is 1. The molecule has 0 saturated carbocycles. The van der Waals surface area contributed by atoms with Crippen LogP contribution >= 0.6 is 0 Å². The molecule has 0 radical (unpaired) electrons. The molecule has 1 aliphatic heterocycles. The molecule has 112 valence electrons. The molecule has 0 bridgehead atoms. The molecule has 4 nitrogen and oxygen atoms in total. The van der Waals surface area contributed by atoms with Crippen LogP contribution in [0.5, 0.6) is 0 Å². The third-order valence-corrected chi connectivity index (χ3v) is 4.54. The van der Waals surface area contributed by atoms with Crippen LogP contribution in [0.15, 0.2) is 18.3 Å². The number of ether oxygens (including phenoxy) is 1. The highest BCUT2D eigenvalue weighted by molar-refractivity contribution is 5.17. The van der Waals surface area contributed by atoms with E-state index in [1.54, 1.807) is 7.11 Å². The van der Waals surface area contributed by atoms with Crippen LogP contribution in [0, 0.1) is 12.8 Å². The largest absolute Gasteiger partial charge is 0.389 e. The van der Waals surface area contributed by atoms with Crippen LogP contribution in [0.3, 0.4) is 0 Å². The zero-order valence-corrected chi connectivity index (χ0v) is 12.8. The fourth-order valence-electron chi connectivity index (χ4n) is 2.94. The summed E-state index contributed by atoms with van der Waals surface area (Å²) in [4.78, 5) is 6.85. The molecule has 0 unspecified atom stereocenters. The van der Waals surface area contributed by atoms with Crippen LogP contribution in [0.1, 0.15) is 31.0 Å². The maximum Gasteiger partial charge on any atom is 0.0719 e. The summed E-state index contributed by atoms with van der Waals surface area (Å²) in [6.45, 7) is 7.56. The zero-order valence-electron chi connectivity index (χ0n) is 12.8. The van der Waals surface area contributed by atoms with E-state index in [2.05, 4.69) is 29.8 Å². The number of nitrogens with zero attached hydrogens (tertiary/aromatic N) is 2. The summed E-state index contributed by atoms with van der Waals surface area (Å²) in [5, 5.41) is 10.7. The number of likely N-dealkylation sites (tertiary alicyclic amines) is 1. The fraction of sp³-hybridized carbons (Fsp3) is 0.688. The summed E-state index contributed by atoms with van der Waals surface area (Å²) in [7, 11) is 1.69. The van der Waals surface area contributed by atoms with Crippen molar-refractivity contribution in [2.24, 2.45) is 5.92 Å². The lowest BCUT2D eigenvalue weighted by Gasteiger charge is -2.43. The van der Waals surface area contributed by atoms with Gasteiger partial charge in [-0.3, -0.25) is 9.88 Å². The van der Waals surface area contributed by atoms with Crippen molar-refractivity contribution in [2.75, 3.05) is 26.8 Å². The fourth-order valence-corrected chi connectivity index (χ4v) is 2.94. The van der Waals surface area contributed by atoms with Gasteiger partial charge in [-0.25, -0.2) is 0 Å². The molecule has 0 amide bonds. The smallest absolute Gasteiger partial charge is 0.0719 e. The van der Waals surface area contributed by atoms with Crippen molar-refractivity contribution >= 4 is 0 Å². The molecule has 1 saturated heterocycles. The van der Waals surface area contributed by atoms with Gasteiger partial charge in [0.05, 0.1) is 11.3 Å². The first kappa shape index (κ1) is 15.4. The Balaban J connectivity index is 1.94. The summed E-state index contributed by atoms with van der Waals surface area (Å²) < 4.78 is 5.11. The molecule has 1 fully saturated rings. The summed E-state index contributed by atoms with van der Waals surface area (Å²) in [6.07, 6.45) is 3.38. The molecule has 0 spiro atoms. The Morgan fingerprint density at radius 2 is 2.35 bits per heavy atom. The molecule has 2 rings (SSSR count). The number of aliphatic hydroxyl groups is 1. The molecule has 1 aliphatic rings. The van der Waals surface area contributed by atoms with Gasteiger partial charge in [0.2, 0.25) is 0 Å². The van der Waals surface area contributed by atoms with E-state index in [1.807, 2.05) is 12.3 Å². The molecule has 20 heavy (non-hydrogen) atoms. The van der Waals surface area contributed by atoms with Crippen molar-refractivity contribution in [3.05, 3.63) is 29.6 Å². The Bertz CT molecular complexity index is 438. The minimum atomic E-state index is -0.578. The van der Waals surface area contributed by atoms with Crippen molar-refractivity contribution in [2.45, 2.75) is 38.8 Å². The van der Waals surface area contributed by atoms with Gasteiger partial charge in [0.25, 0.3) is 0 Å². The zero-order chi connectivity index (χ0) is 14.6. The predicted molar refractivity (Wildman–Crippen MR) is 79.5 cm³/mol. The minimum Gasteiger partial charge on any atom is -0.389 e. The molecule has 1 N–H and O–H groups in total. The summed E-state index contributed by atoms with van der Waals surface area (Å²) in [5.74, 6) is 0.260. The van der Waals surface area contributed by atoms with Crippen molar-refractivity contribution in [1.82, 2.24) is 9.88 Å². The Hall–Kier alpha value is -0.970.